The van der Waals surface area contributed by atoms with Crippen molar-refractivity contribution >= 4 is 35.2 Å². The fourth-order valence-corrected chi connectivity index (χ4v) is 2.48. The standard InChI is InChI=1S/C15H17ClN2O3/c1-17-7-2-8-18(10-14(17)19)13-5-4-12(16)9-11(13)3-6-15(20)21/h3-6,9H,2,7-8,10H2,1H3,(H,20,21)/b6-3+. The zero-order chi connectivity index (χ0) is 15.4. The molecule has 1 heterocycles. The van der Waals surface area contributed by atoms with Gasteiger partial charge >= 0.3 is 5.97 Å². The Morgan fingerprint density at radius 1 is 1.38 bits per heavy atom. The highest BCUT2D eigenvalue weighted by Gasteiger charge is 2.20. The molecule has 1 fully saturated rings. The summed E-state index contributed by atoms with van der Waals surface area (Å²) in [4.78, 5) is 26.4. The Labute approximate surface area is 128 Å². The van der Waals surface area contributed by atoms with Gasteiger partial charge in [0.25, 0.3) is 0 Å². The van der Waals surface area contributed by atoms with Crippen molar-refractivity contribution in [3.8, 4) is 0 Å². The Morgan fingerprint density at radius 2 is 2.14 bits per heavy atom. The molecule has 6 heteroatoms. The molecule has 1 aromatic carbocycles. The topological polar surface area (TPSA) is 60.9 Å². The Hall–Kier alpha value is -2.01. The van der Waals surface area contributed by atoms with E-state index in [1.165, 1.54) is 6.08 Å². The molecule has 1 aliphatic rings. The van der Waals surface area contributed by atoms with Gasteiger partial charge in [0.1, 0.15) is 0 Å². The molecule has 21 heavy (non-hydrogen) atoms. The molecule has 1 saturated heterocycles. The number of rotatable bonds is 3. The van der Waals surface area contributed by atoms with E-state index in [4.69, 9.17) is 16.7 Å². The number of carboxylic acids is 1. The van der Waals surface area contributed by atoms with Crippen molar-refractivity contribution in [1.82, 2.24) is 4.90 Å². The molecule has 5 nitrogen and oxygen atoms in total. The van der Waals surface area contributed by atoms with Gasteiger partial charge in [0.15, 0.2) is 0 Å². The molecule has 0 spiro atoms. The summed E-state index contributed by atoms with van der Waals surface area (Å²) in [6.07, 6.45) is 3.44. The lowest BCUT2D eigenvalue weighted by molar-refractivity contribution is -0.131. The van der Waals surface area contributed by atoms with Crippen molar-refractivity contribution in [2.45, 2.75) is 6.42 Å². The first-order valence-corrected chi connectivity index (χ1v) is 7.04. The normalized spacial score (nSPS) is 16.4. The second-order valence-corrected chi connectivity index (χ2v) is 5.40. The molecule has 1 N–H and O–H groups in total. The minimum atomic E-state index is -1.02. The van der Waals surface area contributed by atoms with Crippen LogP contribution in [0.15, 0.2) is 24.3 Å². The van der Waals surface area contributed by atoms with Gasteiger partial charge in [0.2, 0.25) is 5.91 Å². The fraction of sp³-hybridized carbons (Fsp3) is 0.333. The molecule has 0 saturated carbocycles. The first-order chi connectivity index (χ1) is 9.97. The Morgan fingerprint density at radius 3 is 2.86 bits per heavy atom. The monoisotopic (exact) mass is 308 g/mol. The molecule has 0 aromatic heterocycles. The predicted molar refractivity (Wildman–Crippen MR) is 82.6 cm³/mol. The highest BCUT2D eigenvalue weighted by atomic mass is 35.5. The summed E-state index contributed by atoms with van der Waals surface area (Å²) in [5.41, 5.74) is 1.52. The molecule has 1 amide bonds. The largest absolute Gasteiger partial charge is 0.478 e. The maximum Gasteiger partial charge on any atom is 0.328 e. The number of halogens is 1. The average Bonchev–Trinajstić information content (AvgIpc) is 2.59. The zero-order valence-corrected chi connectivity index (χ0v) is 12.5. The van der Waals surface area contributed by atoms with Crippen molar-refractivity contribution in [2.75, 3.05) is 31.6 Å². The van der Waals surface area contributed by atoms with E-state index in [9.17, 15) is 9.59 Å². The van der Waals surface area contributed by atoms with Crippen molar-refractivity contribution in [3.63, 3.8) is 0 Å². The van der Waals surface area contributed by atoms with Gasteiger partial charge in [-0.1, -0.05) is 11.6 Å². The summed E-state index contributed by atoms with van der Waals surface area (Å²) in [5.74, 6) is -0.969. The molecule has 0 unspecified atom stereocenters. The summed E-state index contributed by atoms with van der Waals surface area (Å²) in [6, 6.07) is 5.27. The molecular formula is C15H17ClN2O3. The van der Waals surface area contributed by atoms with Crippen LogP contribution in [0.25, 0.3) is 6.08 Å². The molecule has 0 aliphatic carbocycles. The van der Waals surface area contributed by atoms with Crippen LogP contribution in [0.4, 0.5) is 5.69 Å². The van der Waals surface area contributed by atoms with Crippen LogP contribution in [-0.2, 0) is 9.59 Å². The van der Waals surface area contributed by atoms with E-state index in [2.05, 4.69) is 0 Å². The number of carboxylic acid groups (broad SMARTS) is 1. The van der Waals surface area contributed by atoms with Crippen LogP contribution in [0.1, 0.15) is 12.0 Å². The van der Waals surface area contributed by atoms with E-state index in [0.717, 1.165) is 31.3 Å². The predicted octanol–water partition coefficient (Wildman–Crippen LogP) is 2.11. The van der Waals surface area contributed by atoms with E-state index in [1.54, 1.807) is 24.1 Å². The number of likely N-dealkylation sites (N-methyl/N-ethyl adjacent to an activating group) is 1. The number of hydrogen-bond donors (Lipinski definition) is 1. The number of carbonyl (C=O) groups is 2. The van der Waals surface area contributed by atoms with E-state index >= 15 is 0 Å². The van der Waals surface area contributed by atoms with Gasteiger partial charge in [0, 0.05) is 36.9 Å². The van der Waals surface area contributed by atoms with E-state index in [-0.39, 0.29) is 12.5 Å². The number of hydrogen-bond acceptors (Lipinski definition) is 3. The molecule has 0 atom stereocenters. The Balaban J connectivity index is 2.33. The van der Waals surface area contributed by atoms with Gasteiger partial charge in [-0.15, -0.1) is 0 Å². The lowest BCUT2D eigenvalue weighted by Gasteiger charge is -2.24. The molecule has 2 rings (SSSR count). The minimum Gasteiger partial charge on any atom is -0.478 e. The smallest absolute Gasteiger partial charge is 0.328 e. The fourth-order valence-electron chi connectivity index (χ4n) is 2.30. The van der Waals surface area contributed by atoms with E-state index in [0.29, 0.717) is 10.6 Å². The average molecular weight is 309 g/mol. The number of nitrogens with zero attached hydrogens (tertiary/aromatic N) is 2. The Kier molecular flexibility index (Phi) is 4.85. The van der Waals surface area contributed by atoms with Crippen LogP contribution >= 0.6 is 11.6 Å². The first-order valence-electron chi connectivity index (χ1n) is 6.67. The third-order valence-corrected chi connectivity index (χ3v) is 3.64. The van der Waals surface area contributed by atoms with E-state index in [1.807, 2.05) is 11.0 Å². The van der Waals surface area contributed by atoms with Crippen LogP contribution in [0.3, 0.4) is 0 Å². The molecular weight excluding hydrogens is 292 g/mol. The van der Waals surface area contributed by atoms with Crippen molar-refractivity contribution < 1.29 is 14.7 Å². The van der Waals surface area contributed by atoms with Gasteiger partial charge < -0.3 is 14.9 Å². The van der Waals surface area contributed by atoms with Gasteiger partial charge in [-0.3, -0.25) is 4.79 Å². The van der Waals surface area contributed by atoms with Crippen LogP contribution in [0, 0.1) is 0 Å². The Bertz CT molecular complexity index is 586. The minimum absolute atomic E-state index is 0.0515. The maximum atomic E-state index is 12.0. The molecule has 1 aliphatic heterocycles. The van der Waals surface area contributed by atoms with Gasteiger partial charge in [0.05, 0.1) is 6.54 Å². The second kappa shape index (κ2) is 6.63. The summed E-state index contributed by atoms with van der Waals surface area (Å²) in [5, 5.41) is 9.30. The van der Waals surface area contributed by atoms with Gasteiger partial charge in [-0.2, -0.15) is 0 Å². The number of amides is 1. The zero-order valence-electron chi connectivity index (χ0n) is 11.8. The lowest BCUT2D eigenvalue weighted by Crippen LogP contribution is -2.34. The van der Waals surface area contributed by atoms with Crippen LogP contribution in [0.5, 0.6) is 0 Å². The van der Waals surface area contributed by atoms with Crippen molar-refractivity contribution in [2.24, 2.45) is 0 Å². The third kappa shape index (κ3) is 3.98. The number of carbonyl (C=O) groups excluding carboxylic acids is 1. The quantitative estimate of drug-likeness (QED) is 0.869. The van der Waals surface area contributed by atoms with Gasteiger partial charge in [-0.25, -0.2) is 4.79 Å². The number of anilines is 1. The molecule has 0 bridgehead atoms. The summed E-state index contributed by atoms with van der Waals surface area (Å²) >= 11 is 5.98. The molecule has 1 aromatic rings. The lowest BCUT2D eigenvalue weighted by atomic mass is 10.1. The van der Waals surface area contributed by atoms with Crippen LogP contribution in [0.2, 0.25) is 5.02 Å². The van der Waals surface area contributed by atoms with E-state index < -0.39 is 5.97 Å². The highest BCUT2D eigenvalue weighted by molar-refractivity contribution is 6.30. The van der Waals surface area contributed by atoms with Crippen LogP contribution < -0.4 is 4.90 Å². The first kappa shape index (κ1) is 15.4. The number of benzene rings is 1. The summed E-state index contributed by atoms with van der Waals surface area (Å²) in [6.45, 7) is 1.75. The molecule has 112 valence electrons. The van der Waals surface area contributed by atoms with Crippen molar-refractivity contribution in [3.05, 3.63) is 34.9 Å². The summed E-state index contributed by atoms with van der Waals surface area (Å²) in [7, 11) is 1.79. The maximum absolute atomic E-state index is 12.0. The highest BCUT2D eigenvalue weighted by Crippen LogP contribution is 2.26. The van der Waals surface area contributed by atoms with Crippen molar-refractivity contribution in [1.29, 1.82) is 0 Å². The molecule has 0 radical (unpaired) electrons. The second-order valence-electron chi connectivity index (χ2n) is 4.97. The summed E-state index contributed by atoms with van der Waals surface area (Å²) < 4.78 is 0. The third-order valence-electron chi connectivity index (χ3n) is 3.41. The SMILES string of the molecule is CN1CCCN(c2ccc(Cl)cc2/C=C/C(=O)O)CC1=O. The van der Waals surface area contributed by atoms with Crippen LogP contribution in [-0.4, -0.2) is 48.6 Å². The number of aliphatic carboxylic acids is 1. The van der Waals surface area contributed by atoms with Gasteiger partial charge in [-0.05, 0) is 36.3 Å².